The van der Waals surface area contributed by atoms with Crippen molar-refractivity contribution >= 4 is 28.4 Å². The summed E-state index contributed by atoms with van der Waals surface area (Å²) in [7, 11) is 0. The van der Waals surface area contributed by atoms with Gasteiger partial charge in [-0.15, -0.1) is 0 Å². The Morgan fingerprint density at radius 3 is 2.43 bits per heavy atom. The van der Waals surface area contributed by atoms with Crippen LogP contribution in [0.15, 0.2) is 48.5 Å². The zero-order valence-corrected chi connectivity index (χ0v) is 16.5. The Morgan fingerprint density at radius 2 is 1.68 bits per heavy atom. The third kappa shape index (κ3) is 4.03. The Labute approximate surface area is 165 Å². The lowest BCUT2D eigenvalue weighted by Gasteiger charge is -2.14. The Balaban J connectivity index is 1.78. The summed E-state index contributed by atoms with van der Waals surface area (Å²) in [4.78, 5) is 29.9. The van der Waals surface area contributed by atoms with Crippen LogP contribution in [0.2, 0.25) is 0 Å². The van der Waals surface area contributed by atoms with Crippen LogP contribution in [0.4, 0.5) is 5.69 Å². The molecule has 0 fully saturated rings. The van der Waals surface area contributed by atoms with Gasteiger partial charge in [-0.3, -0.25) is 14.6 Å². The van der Waals surface area contributed by atoms with Gasteiger partial charge in [0.1, 0.15) is 0 Å². The maximum absolute atomic E-state index is 12.9. The summed E-state index contributed by atoms with van der Waals surface area (Å²) < 4.78 is 0. The highest BCUT2D eigenvalue weighted by Crippen LogP contribution is 2.23. The topological polar surface area (TPSA) is 71.1 Å². The van der Waals surface area contributed by atoms with Crippen LogP contribution in [-0.2, 0) is 17.6 Å². The van der Waals surface area contributed by atoms with E-state index in [1.54, 1.807) is 0 Å². The third-order valence-electron chi connectivity index (χ3n) is 4.88. The highest BCUT2D eigenvalue weighted by atomic mass is 16.2. The quantitative estimate of drug-likeness (QED) is 0.683. The van der Waals surface area contributed by atoms with Gasteiger partial charge >= 0.3 is 0 Å². The number of nitrogens with one attached hydrogen (secondary N) is 2. The fourth-order valence-corrected chi connectivity index (χ4v) is 3.39. The van der Waals surface area contributed by atoms with Gasteiger partial charge in [-0.1, -0.05) is 50.2 Å². The minimum atomic E-state index is -0.260. The summed E-state index contributed by atoms with van der Waals surface area (Å²) >= 11 is 0. The molecule has 5 heteroatoms. The molecule has 28 heavy (non-hydrogen) atoms. The number of aromatic nitrogens is 1. The van der Waals surface area contributed by atoms with Crippen molar-refractivity contribution in [3.63, 3.8) is 0 Å². The predicted molar refractivity (Wildman–Crippen MR) is 113 cm³/mol. The summed E-state index contributed by atoms with van der Waals surface area (Å²) in [6.45, 7) is 5.87. The van der Waals surface area contributed by atoms with Gasteiger partial charge in [-0.2, -0.15) is 0 Å². The normalized spacial score (nSPS) is 10.7. The minimum Gasteiger partial charge on any atom is -0.343 e. The van der Waals surface area contributed by atoms with E-state index in [0.717, 1.165) is 46.3 Å². The number of para-hydroxylation sites is 2. The van der Waals surface area contributed by atoms with Gasteiger partial charge in [0.25, 0.3) is 5.91 Å². The molecule has 0 bridgehead atoms. The smallest absolute Gasteiger partial charge is 0.252 e. The van der Waals surface area contributed by atoms with E-state index in [2.05, 4.69) is 15.6 Å². The van der Waals surface area contributed by atoms with E-state index in [1.165, 1.54) is 0 Å². The molecule has 0 saturated heterocycles. The van der Waals surface area contributed by atoms with Crippen LogP contribution < -0.4 is 10.6 Å². The lowest BCUT2D eigenvalue weighted by molar-refractivity contribution is -0.115. The summed E-state index contributed by atoms with van der Waals surface area (Å²) in [6.07, 6.45) is 1.57. The highest BCUT2D eigenvalue weighted by molar-refractivity contribution is 6.09. The van der Waals surface area contributed by atoms with Crippen molar-refractivity contribution in [1.29, 1.82) is 0 Å². The van der Waals surface area contributed by atoms with Gasteiger partial charge in [0.2, 0.25) is 5.91 Å². The molecule has 0 saturated carbocycles. The summed E-state index contributed by atoms with van der Waals surface area (Å²) in [6, 6.07) is 15.3. The second-order valence-corrected chi connectivity index (χ2v) is 6.67. The molecule has 0 atom stereocenters. The van der Waals surface area contributed by atoms with E-state index in [4.69, 9.17) is 0 Å². The zero-order valence-electron chi connectivity index (χ0n) is 16.5. The molecule has 144 valence electrons. The number of benzene rings is 2. The van der Waals surface area contributed by atoms with Gasteiger partial charge in [0.15, 0.2) is 0 Å². The summed E-state index contributed by atoms with van der Waals surface area (Å²) in [5.74, 6) is -0.509. The first kappa shape index (κ1) is 19.5. The summed E-state index contributed by atoms with van der Waals surface area (Å²) in [5.41, 5.74) is 4.97. The number of carbonyl (C=O) groups excluding carboxylic acids is 2. The average molecular weight is 375 g/mol. The average Bonchev–Trinajstić information content (AvgIpc) is 2.72. The largest absolute Gasteiger partial charge is 0.343 e. The molecule has 1 heterocycles. The van der Waals surface area contributed by atoms with E-state index < -0.39 is 0 Å². The molecule has 0 unspecified atom stereocenters. The number of nitrogens with zero attached hydrogens (tertiary/aromatic N) is 1. The summed E-state index contributed by atoms with van der Waals surface area (Å²) in [5, 5.41) is 6.44. The number of fused-ring (bicyclic) bond motifs is 1. The first-order valence-corrected chi connectivity index (χ1v) is 9.59. The van der Waals surface area contributed by atoms with Crippen LogP contribution in [0, 0.1) is 6.92 Å². The number of aryl methyl sites for hydroxylation is 2. The molecule has 3 rings (SSSR count). The van der Waals surface area contributed by atoms with Crippen molar-refractivity contribution in [2.75, 3.05) is 11.9 Å². The van der Waals surface area contributed by atoms with E-state index in [-0.39, 0.29) is 18.4 Å². The molecule has 1 aromatic heterocycles. The maximum Gasteiger partial charge on any atom is 0.252 e. The lowest BCUT2D eigenvalue weighted by Crippen LogP contribution is -2.33. The maximum atomic E-state index is 12.9. The number of anilines is 1. The highest BCUT2D eigenvalue weighted by Gasteiger charge is 2.18. The molecule has 0 aliphatic heterocycles. The first-order valence-electron chi connectivity index (χ1n) is 9.59. The number of rotatable bonds is 6. The molecule has 0 aliphatic rings. The minimum absolute atomic E-state index is 0.0889. The van der Waals surface area contributed by atoms with Crippen molar-refractivity contribution in [1.82, 2.24) is 10.3 Å². The monoisotopic (exact) mass is 375 g/mol. The Bertz CT molecular complexity index is 1030. The van der Waals surface area contributed by atoms with Crippen LogP contribution in [-0.4, -0.2) is 23.3 Å². The van der Waals surface area contributed by atoms with Gasteiger partial charge < -0.3 is 10.6 Å². The molecular weight excluding hydrogens is 350 g/mol. The molecule has 2 N–H and O–H groups in total. The fourth-order valence-electron chi connectivity index (χ4n) is 3.39. The van der Waals surface area contributed by atoms with Crippen molar-refractivity contribution in [2.45, 2.75) is 33.6 Å². The standard InChI is InChI=1S/C23H25N3O2/c1-4-16-10-6-8-12-19(16)26-21(27)14-24-23(28)22-15(3)18(5-2)25-20-13-9-7-11-17(20)22/h6-13H,4-5,14H2,1-3H3,(H,24,28)(H,26,27). The van der Waals surface area contributed by atoms with Crippen molar-refractivity contribution in [3.05, 3.63) is 70.9 Å². The Hall–Kier alpha value is -3.21. The molecule has 2 aromatic carbocycles. The van der Waals surface area contributed by atoms with Gasteiger partial charge in [-0.25, -0.2) is 0 Å². The van der Waals surface area contributed by atoms with E-state index in [0.29, 0.717) is 5.56 Å². The van der Waals surface area contributed by atoms with Crippen molar-refractivity contribution in [3.8, 4) is 0 Å². The van der Waals surface area contributed by atoms with Crippen LogP contribution in [0.1, 0.15) is 41.0 Å². The van der Waals surface area contributed by atoms with Crippen LogP contribution in [0.3, 0.4) is 0 Å². The Morgan fingerprint density at radius 1 is 0.964 bits per heavy atom. The van der Waals surface area contributed by atoms with Gasteiger partial charge in [0, 0.05) is 16.8 Å². The Kier molecular flexibility index (Phi) is 6.04. The van der Waals surface area contributed by atoms with Gasteiger partial charge in [0.05, 0.1) is 17.6 Å². The van der Waals surface area contributed by atoms with Crippen LogP contribution in [0.5, 0.6) is 0 Å². The number of hydrogen-bond acceptors (Lipinski definition) is 3. The number of amides is 2. The zero-order chi connectivity index (χ0) is 20.1. The second kappa shape index (κ2) is 8.65. The molecule has 0 spiro atoms. The van der Waals surface area contributed by atoms with Crippen LogP contribution >= 0.6 is 0 Å². The van der Waals surface area contributed by atoms with E-state index in [1.807, 2.05) is 69.3 Å². The number of hydrogen-bond donors (Lipinski definition) is 2. The third-order valence-corrected chi connectivity index (χ3v) is 4.88. The van der Waals surface area contributed by atoms with E-state index >= 15 is 0 Å². The van der Waals surface area contributed by atoms with Gasteiger partial charge in [-0.05, 0) is 43.0 Å². The second-order valence-electron chi connectivity index (χ2n) is 6.67. The number of carbonyl (C=O) groups is 2. The first-order chi connectivity index (χ1) is 13.5. The lowest BCUT2D eigenvalue weighted by atomic mass is 9.99. The van der Waals surface area contributed by atoms with E-state index in [9.17, 15) is 9.59 Å². The molecule has 3 aromatic rings. The van der Waals surface area contributed by atoms with Crippen LogP contribution in [0.25, 0.3) is 10.9 Å². The molecule has 0 radical (unpaired) electrons. The SMILES string of the molecule is CCc1ccccc1NC(=O)CNC(=O)c1c(C)c(CC)nc2ccccc12. The molecule has 5 nitrogen and oxygen atoms in total. The number of pyridine rings is 1. The predicted octanol–water partition coefficient (Wildman–Crippen LogP) is 4.04. The van der Waals surface area contributed by atoms with Crippen molar-refractivity contribution < 1.29 is 9.59 Å². The molecular formula is C23H25N3O2. The van der Waals surface area contributed by atoms with Crippen molar-refractivity contribution in [2.24, 2.45) is 0 Å². The molecule has 0 aliphatic carbocycles. The molecule has 2 amide bonds. The fraction of sp³-hybridized carbons (Fsp3) is 0.261.